The molecule has 1 aromatic rings. The van der Waals surface area contributed by atoms with E-state index in [1.54, 1.807) is 0 Å². The molecule has 2 amide bonds. The molecular weight excluding hydrogens is 284 g/mol. The highest BCUT2D eigenvalue weighted by Crippen LogP contribution is 2.36. The van der Waals surface area contributed by atoms with Crippen molar-refractivity contribution in [3.05, 3.63) is 23.8 Å². The van der Waals surface area contributed by atoms with Crippen LogP contribution in [0.15, 0.2) is 23.1 Å². The quantitative estimate of drug-likeness (QED) is 0.867. The summed E-state index contributed by atoms with van der Waals surface area (Å²) in [5, 5.41) is 2.81. The van der Waals surface area contributed by atoms with Crippen LogP contribution in [0.5, 0.6) is 0 Å². The molecule has 1 saturated heterocycles. The second-order valence-electron chi connectivity index (χ2n) is 5.80. The van der Waals surface area contributed by atoms with Gasteiger partial charge in [0, 0.05) is 23.0 Å². The summed E-state index contributed by atoms with van der Waals surface area (Å²) >= 11 is 1.54. The molecule has 0 aromatic heterocycles. The third-order valence-corrected chi connectivity index (χ3v) is 5.40. The first kappa shape index (κ1) is 14.4. The van der Waals surface area contributed by atoms with Crippen LogP contribution >= 0.6 is 11.8 Å². The Morgan fingerprint density at radius 1 is 1.33 bits per heavy atom. The van der Waals surface area contributed by atoms with Crippen LogP contribution < -0.4 is 5.32 Å². The van der Waals surface area contributed by atoms with Gasteiger partial charge in [-0.3, -0.25) is 9.59 Å². The number of piperidine rings is 1. The summed E-state index contributed by atoms with van der Waals surface area (Å²) in [7, 11) is 0. The number of anilines is 1. The van der Waals surface area contributed by atoms with Crippen molar-refractivity contribution in [2.75, 3.05) is 11.9 Å². The van der Waals surface area contributed by atoms with Gasteiger partial charge in [-0.2, -0.15) is 0 Å². The van der Waals surface area contributed by atoms with Gasteiger partial charge in [0.1, 0.15) is 0 Å². The number of carbonyl (C=O) groups is 2. The maximum Gasteiger partial charge on any atom is 0.254 e. The molecule has 2 aliphatic heterocycles. The summed E-state index contributed by atoms with van der Waals surface area (Å²) in [5.41, 5.74) is 1.43. The number of thioether (sulfide) groups is 1. The highest BCUT2D eigenvalue weighted by atomic mass is 32.2. The lowest BCUT2D eigenvalue weighted by atomic mass is 10.0. The summed E-state index contributed by atoms with van der Waals surface area (Å²) in [6.07, 6.45) is 3.34. The second kappa shape index (κ2) is 5.72. The number of hydrogen-bond donors (Lipinski definition) is 1. The van der Waals surface area contributed by atoms with Crippen LogP contribution in [-0.2, 0) is 4.79 Å². The number of rotatable bonds is 1. The van der Waals surface area contributed by atoms with Crippen molar-refractivity contribution >= 4 is 29.3 Å². The van der Waals surface area contributed by atoms with E-state index in [0.717, 1.165) is 30.0 Å². The predicted octanol–water partition coefficient (Wildman–Crippen LogP) is 3.13. The largest absolute Gasteiger partial charge is 0.336 e. The summed E-state index contributed by atoms with van der Waals surface area (Å²) in [4.78, 5) is 27.4. The maximum atomic E-state index is 12.6. The third kappa shape index (κ3) is 2.79. The van der Waals surface area contributed by atoms with E-state index < -0.39 is 0 Å². The third-order valence-electron chi connectivity index (χ3n) is 4.22. The summed E-state index contributed by atoms with van der Waals surface area (Å²) in [6, 6.07) is 5.93. The number of amides is 2. The van der Waals surface area contributed by atoms with E-state index in [1.807, 2.05) is 30.0 Å². The van der Waals surface area contributed by atoms with Crippen LogP contribution in [0.2, 0.25) is 0 Å². The molecule has 21 heavy (non-hydrogen) atoms. The van der Waals surface area contributed by atoms with Crippen molar-refractivity contribution in [2.24, 2.45) is 0 Å². The fourth-order valence-electron chi connectivity index (χ4n) is 2.91. The Morgan fingerprint density at radius 3 is 2.90 bits per heavy atom. The first-order valence-corrected chi connectivity index (χ1v) is 8.37. The van der Waals surface area contributed by atoms with Crippen molar-refractivity contribution in [3.8, 4) is 0 Å². The lowest BCUT2D eigenvalue weighted by molar-refractivity contribution is -0.115. The highest BCUT2D eigenvalue weighted by molar-refractivity contribution is 8.00. The minimum atomic E-state index is -0.0823. The molecule has 2 aliphatic rings. The van der Waals surface area contributed by atoms with E-state index in [4.69, 9.17) is 0 Å². The SMILES string of the molecule is CC1Sc2ccc(C(=O)N3CCCCC3C)cc2NC1=O. The van der Waals surface area contributed by atoms with Crippen molar-refractivity contribution in [1.82, 2.24) is 4.90 Å². The van der Waals surface area contributed by atoms with Crippen molar-refractivity contribution in [3.63, 3.8) is 0 Å². The molecule has 1 N–H and O–H groups in total. The molecule has 1 fully saturated rings. The average Bonchev–Trinajstić information content (AvgIpc) is 2.48. The standard InChI is InChI=1S/C16H20N2O2S/c1-10-5-3-4-8-18(10)16(20)12-6-7-14-13(9-12)17-15(19)11(2)21-14/h6-7,9-11H,3-5,8H2,1-2H3,(H,17,19). The molecule has 0 spiro atoms. The summed E-state index contributed by atoms with van der Waals surface area (Å²) in [6.45, 7) is 4.82. The monoisotopic (exact) mass is 304 g/mol. The fraction of sp³-hybridized carbons (Fsp3) is 0.500. The Kier molecular flexibility index (Phi) is 3.93. The lowest BCUT2D eigenvalue weighted by Crippen LogP contribution is -2.42. The summed E-state index contributed by atoms with van der Waals surface area (Å²) < 4.78 is 0. The Bertz CT molecular complexity index is 588. The summed E-state index contributed by atoms with van der Waals surface area (Å²) in [5.74, 6) is 0.0753. The number of nitrogens with one attached hydrogen (secondary N) is 1. The molecule has 5 heteroatoms. The zero-order valence-corrected chi connectivity index (χ0v) is 13.2. The van der Waals surface area contributed by atoms with Crippen LogP contribution in [0.1, 0.15) is 43.5 Å². The molecule has 0 saturated carbocycles. The number of likely N-dealkylation sites (tertiary alicyclic amines) is 1. The Labute approximate surface area is 129 Å². The molecule has 4 nitrogen and oxygen atoms in total. The van der Waals surface area contributed by atoms with Crippen molar-refractivity contribution in [2.45, 2.75) is 49.3 Å². The lowest BCUT2D eigenvalue weighted by Gasteiger charge is -2.33. The molecule has 1 aromatic carbocycles. The first-order chi connectivity index (χ1) is 10.1. The zero-order valence-electron chi connectivity index (χ0n) is 12.4. The number of benzene rings is 1. The molecular formula is C16H20N2O2S. The highest BCUT2D eigenvalue weighted by Gasteiger charge is 2.27. The first-order valence-electron chi connectivity index (χ1n) is 7.49. The molecule has 3 rings (SSSR count). The van der Waals surface area contributed by atoms with Gasteiger partial charge < -0.3 is 10.2 Å². The van der Waals surface area contributed by atoms with Crippen LogP contribution in [0, 0.1) is 0 Å². The van der Waals surface area contributed by atoms with Gasteiger partial charge in [-0.15, -0.1) is 11.8 Å². The van der Waals surface area contributed by atoms with E-state index >= 15 is 0 Å². The second-order valence-corrected chi connectivity index (χ2v) is 7.19. The van der Waals surface area contributed by atoms with Gasteiger partial charge in [0.15, 0.2) is 0 Å². The maximum absolute atomic E-state index is 12.6. The Hall–Kier alpha value is -1.49. The van der Waals surface area contributed by atoms with Gasteiger partial charge in [-0.05, 0) is 51.3 Å². The number of nitrogens with zero attached hydrogens (tertiary/aromatic N) is 1. The predicted molar refractivity (Wildman–Crippen MR) is 84.7 cm³/mol. The minimum absolute atomic E-state index is 0.00318. The van der Waals surface area contributed by atoms with E-state index in [0.29, 0.717) is 11.6 Å². The molecule has 0 aliphatic carbocycles. The molecule has 2 heterocycles. The number of carbonyl (C=O) groups excluding carboxylic acids is 2. The zero-order chi connectivity index (χ0) is 15.0. The van der Waals surface area contributed by atoms with E-state index in [-0.39, 0.29) is 17.1 Å². The average molecular weight is 304 g/mol. The van der Waals surface area contributed by atoms with Gasteiger partial charge >= 0.3 is 0 Å². The van der Waals surface area contributed by atoms with E-state index in [2.05, 4.69) is 12.2 Å². The van der Waals surface area contributed by atoms with Crippen molar-refractivity contribution in [1.29, 1.82) is 0 Å². The van der Waals surface area contributed by atoms with Gasteiger partial charge in [-0.1, -0.05) is 0 Å². The topological polar surface area (TPSA) is 49.4 Å². The Morgan fingerprint density at radius 2 is 2.14 bits per heavy atom. The van der Waals surface area contributed by atoms with Crippen LogP contribution in [0.3, 0.4) is 0 Å². The smallest absolute Gasteiger partial charge is 0.254 e. The van der Waals surface area contributed by atoms with Gasteiger partial charge in [0.25, 0.3) is 5.91 Å². The minimum Gasteiger partial charge on any atom is -0.336 e. The van der Waals surface area contributed by atoms with E-state index in [1.165, 1.54) is 18.2 Å². The van der Waals surface area contributed by atoms with E-state index in [9.17, 15) is 9.59 Å². The van der Waals surface area contributed by atoms with Crippen LogP contribution in [0.4, 0.5) is 5.69 Å². The molecule has 2 atom stereocenters. The van der Waals surface area contributed by atoms with Crippen LogP contribution in [0.25, 0.3) is 0 Å². The molecule has 0 radical (unpaired) electrons. The molecule has 2 unspecified atom stereocenters. The number of fused-ring (bicyclic) bond motifs is 1. The van der Waals surface area contributed by atoms with Gasteiger partial charge in [0.2, 0.25) is 5.91 Å². The molecule has 0 bridgehead atoms. The molecule has 112 valence electrons. The fourth-order valence-corrected chi connectivity index (χ4v) is 3.84. The van der Waals surface area contributed by atoms with Gasteiger partial charge in [0.05, 0.1) is 10.9 Å². The van der Waals surface area contributed by atoms with Gasteiger partial charge in [-0.25, -0.2) is 0 Å². The van der Waals surface area contributed by atoms with Crippen molar-refractivity contribution < 1.29 is 9.59 Å². The Balaban J connectivity index is 1.85. The van der Waals surface area contributed by atoms with Crippen LogP contribution in [-0.4, -0.2) is 34.6 Å². The number of hydrogen-bond acceptors (Lipinski definition) is 3. The normalized spacial score (nSPS) is 25.2.